The molecule has 1 saturated heterocycles. The van der Waals surface area contributed by atoms with E-state index in [-0.39, 0.29) is 22.6 Å². The zero-order valence-corrected chi connectivity index (χ0v) is 13.9. The van der Waals surface area contributed by atoms with Gasteiger partial charge in [-0.05, 0) is 37.1 Å². The van der Waals surface area contributed by atoms with Gasteiger partial charge in [0, 0.05) is 31.3 Å². The maximum absolute atomic E-state index is 12.7. The molecule has 1 N–H and O–H groups in total. The van der Waals surface area contributed by atoms with E-state index in [4.69, 9.17) is 4.74 Å². The maximum Gasteiger partial charge on any atom is 0.260 e. The number of hydrogen-bond acceptors (Lipinski definition) is 3. The molecule has 4 rings (SSSR count). The summed E-state index contributed by atoms with van der Waals surface area (Å²) < 4.78 is 6.31. The van der Waals surface area contributed by atoms with Crippen LogP contribution in [0.2, 0.25) is 0 Å². The summed E-state index contributed by atoms with van der Waals surface area (Å²) in [5, 5.41) is 0. The first-order valence-electron chi connectivity index (χ1n) is 8.61. The second-order valence-electron chi connectivity index (χ2n) is 6.60. The normalized spacial score (nSPS) is 22.2. The smallest absolute Gasteiger partial charge is 0.260 e. The number of aromatic amines is 1. The Morgan fingerprint density at radius 1 is 1.12 bits per heavy atom. The van der Waals surface area contributed by atoms with Crippen molar-refractivity contribution in [3.63, 3.8) is 0 Å². The summed E-state index contributed by atoms with van der Waals surface area (Å²) in [6.45, 7) is 1.20. The molecule has 0 bridgehead atoms. The van der Waals surface area contributed by atoms with E-state index in [1.165, 1.54) is 6.20 Å². The molecule has 3 heterocycles. The Balaban J connectivity index is 1.53. The number of aromatic nitrogens is 1. The van der Waals surface area contributed by atoms with Crippen molar-refractivity contribution in [1.82, 2.24) is 9.88 Å². The van der Waals surface area contributed by atoms with Crippen LogP contribution < -0.4 is 10.3 Å². The van der Waals surface area contributed by atoms with Crippen LogP contribution in [-0.4, -0.2) is 34.5 Å². The van der Waals surface area contributed by atoms with Crippen molar-refractivity contribution < 1.29 is 9.53 Å². The van der Waals surface area contributed by atoms with Crippen LogP contribution in [0.3, 0.4) is 0 Å². The molecule has 5 nitrogen and oxygen atoms in total. The first kappa shape index (κ1) is 15.7. The highest BCUT2D eigenvalue weighted by Crippen LogP contribution is 2.36. The molecule has 1 aromatic carbocycles. The van der Waals surface area contributed by atoms with Crippen molar-refractivity contribution in [2.75, 3.05) is 13.1 Å². The Kier molecular flexibility index (Phi) is 3.92. The van der Waals surface area contributed by atoms with Gasteiger partial charge in [-0.15, -0.1) is 0 Å². The molecule has 2 aromatic rings. The van der Waals surface area contributed by atoms with Gasteiger partial charge in [0.15, 0.2) is 0 Å². The van der Waals surface area contributed by atoms with E-state index in [0.717, 1.165) is 24.2 Å². The Morgan fingerprint density at radius 2 is 2.00 bits per heavy atom. The number of ether oxygens (including phenoxy) is 1. The molecule has 1 spiro atoms. The van der Waals surface area contributed by atoms with Crippen LogP contribution in [0.15, 0.2) is 53.5 Å². The van der Waals surface area contributed by atoms with Crippen LogP contribution in [-0.2, 0) is 0 Å². The third-order valence-corrected chi connectivity index (χ3v) is 4.97. The minimum atomic E-state index is -0.369. The second kappa shape index (κ2) is 6.24. The van der Waals surface area contributed by atoms with Gasteiger partial charge in [-0.25, -0.2) is 0 Å². The van der Waals surface area contributed by atoms with Crippen molar-refractivity contribution in [3.05, 3.63) is 70.2 Å². The van der Waals surface area contributed by atoms with Crippen LogP contribution in [0.4, 0.5) is 0 Å². The maximum atomic E-state index is 12.7. The minimum absolute atomic E-state index is 0.198. The third kappa shape index (κ3) is 2.97. The van der Waals surface area contributed by atoms with Gasteiger partial charge in [-0.3, -0.25) is 9.59 Å². The van der Waals surface area contributed by atoms with E-state index in [1.54, 1.807) is 17.0 Å². The number of benzene rings is 1. The van der Waals surface area contributed by atoms with E-state index in [2.05, 4.69) is 17.1 Å². The molecule has 0 aliphatic carbocycles. The molecular formula is C20H20N2O3. The third-order valence-electron chi connectivity index (χ3n) is 4.97. The molecule has 1 fully saturated rings. The molecule has 1 amide bonds. The molecule has 2 aliphatic rings. The number of nitrogens with zero attached hydrogens (tertiary/aromatic N) is 1. The van der Waals surface area contributed by atoms with Gasteiger partial charge in [-0.2, -0.15) is 0 Å². The standard InChI is InChI=1S/C20H20N2O3/c23-18-16(6-3-12-21-18)19(24)22-13-4-9-20(11-14-22)10-8-15-5-1-2-7-17(15)25-20/h1-3,5-8,10,12H,4,9,11,13-14H2,(H,21,23)/t20-/m0/s1. The topological polar surface area (TPSA) is 62.4 Å². The highest BCUT2D eigenvalue weighted by Gasteiger charge is 2.36. The number of rotatable bonds is 1. The fraction of sp³-hybridized carbons (Fsp3) is 0.300. The first-order chi connectivity index (χ1) is 12.2. The Labute approximate surface area is 145 Å². The lowest BCUT2D eigenvalue weighted by atomic mass is 9.91. The van der Waals surface area contributed by atoms with Gasteiger partial charge in [0.1, 0.15) is 16.9 Å². The van der Waals surface area contributed by atoms with E-state index in [0.29, 0.717) is 19.5 Å². The van der Waals surface area contributed by atoms with Crippen LogP contribution in [0.5, 0.6) is 5.75 Å². The molecule has 25 heavy (non-hydrogen) atoms. The predicted molar refractivity (Wildman–Crippen MR) is 95.7 cm³/mol. The van der Waals surface area contributed by atoms with Crippen molar-refractivity contribution in [3.8, 4) is 5.75 Å². The molecule has 1 aromatic heterocycles. The molecular weight excluding hydrogens is 316 g/mol. The highest BCUT2D eigenvalue weighted by atomic mass is 16.5. The van der Waals surface area contributed by atoms with Crippen molar-refractivity contribution in [1.29, 1.82) is 0 Å². The van der Waals surface area contributed by atoms with Crippen molar-refractivity contribution in [2.45, 2.75) is 24.9 Å². The monoisotopic (exact) mass is 336 g/mol. The van der Waals surface area contributed by atoms with Crippen LogP contribution in [0.1, 0.15) is 35.2 Å². The van der Waals surface area contributed by atoms with E-state index in [1.807, 2.05) is 24.3 Å². The summed E-state index contributed by atoms with van der Waals surface area (Å²) in [7, 11) is 0. The Hall–Kier alpha value is -2.82. The van der Waals surface area contributed by atoms with Crippen LogP contribution in [0.25, 0.3) is 6.08 Å². The van der Waals surface area contributed by atoms with Crippen molar-refractivity contribution >= 4 is 12.0 Å². The van der Waals surface area contributed by atoms with Gasteiger partial charge in [0.2, 0.25) is 0 Å². The quantitative estimate of drug-likeness (QED) is 0.871. The number of fused-ring (bicyclic) bond motifs is 1. The number of amides is 1. The predicted octanol–water partition coefficient (Wildman–Crippen LogP) is 2.85. The number of H-pyrrole nitrogens is 1. The van der Waals surface area contributed by atoms with Gasteiger partial charge >= 0.3 is 0 Å². The van der Waals surface area contributed by atoms with E-state index >= 15 is 0 Å². The fourth-order valence-corrected chi connectivity index (χ4v) is 3.57. The highest BCUT2D eigenvalue weighted by molar-refractivity contribution is 5.93. The van der Waals surface area contributed by atoms with Crippen LogP contribution in [0, 0.1) is 0 Å². The van der Waals surface area contributed by atoms with Gasteiger partial charge in [0.05, 0.1) is 0 Å². The zero-order valence-electron chi connectivity index (χ0n) is 13.9. The van der Waals surface area contributed by atoms with Gasteiger partial charge in [-0.1, -0.05) is 24.3 Å². The fourth-order valence-electron chi connectivity index (χ4n) is 3.57. The summed E-state index contributed by atoms with van der Waals surface area (Å²) in [5.41, 5.74) is 0.575. The summed E-state index contributed by atoms with van der Waals surface area (Å²) in [5.74, 6) is 0.684. The number of hydrogen-bond donors (Lipinski definition) is 1. The van der Waals surface area contributed by atoms with E-state index in [9.17, 15) is 9.59 Å². The minimum Gasteiger partial charge on any atom is -0.483 e. The number of carbonyl (C=O) groups is 1. The van der Waals surface area contributed by atoms with Gasteiger partial charge < -0.3 is 14.6 Å². The summed E-state index contributed by atoms with van der Waals surface area (Å²) in [6, 6.07) is 11.2. The van der Waals surface area contributed by atoms with Crippen molar-refractivity contribution in [2.24, 2.45) is 0 Å². The average Bonchev–Trinajstić information content (AvgIpc) is 2.84. The average molecular weight is 336 g/mol. The molecule has 0 unspecified atom stereocenters. The number of para-hydroxylation sites is 1. The van der Waals surface area contributed by atoms with Crippen LogP contribution >= 0.6 is 0 Å². The number of pyridine rings is 1. The van der Waals surface area contributed by atoms with E-state index < -0.39 is 0 Å². The summed E-state index contributed by atoms with van der Waals surface area (Å²) in [6.07, 6.45) is 8.18. The number of carbonyl (C=O) groups excluding carboxylic acids is 1. The zero-order chi connectivity index (χ0) is 17.3. The SMILES string of the molecule is O=C(c1ccc[nH]c1=O)N1CCC[C@]2(C=Cc3ccccc3O2)CC1. The lowest BCUT2D eigenvalue weighted by Crippen LogP contribution is -2.39. The molecule has 128 valence electrons. The molecule has 5 heteroatoms. The molecule has 0 saturated carbocycles. The summed E-state index contributed by atoms with van der Waals surface area (Å²) >= 11 is 0. The number of nitrogens with one attached hydrogen (secondary N) is 1. The first-order valence-corrected chi connectivity index (χ1v) is 8.61. The molecule has 1 atom stereocenters. The molecule has 0 radical (unpaired) electrons. The van der Waals surface area contributed by atoms with Gasteiger partial charge in [0.25, 0.3) is 11.5 Å². The molecule has 2 aliphatic heterocycles. The lowest BCUT2D eigenvalue weighted by molar-refractivity contribution is 0.0728. The Bertz CT molecular complexity index is 886. The number of likely N-dealkylation sites (tertiary alicyclic amines) is 1. The summed E-state index contributed by atoms with van der Waals surface area (Å²) in [4.78, 5) is 28.9. The lowest BCUT2D eigenvalue weighted by Gasteiger charge is -2.34. The Morgan fingerprint density at radius 3 is 2.88 bits per heavy atom. The second-order valence-corrected chi connectivity index (χ2v) is 6.60. The largest absolute Gasteiger partial charge is 0.483 e.